The highest BCUT2D eigenvalue weighted by molar-refractivity contribution is 5.72. The van der Waals surface area contributed by atoms with Gasteiger partial charge >= 0.3 is 17.9 Å². The number of likely N-dealkylation sites (N-methyl/N-ethyl adjacent to an activating group) is 1. The van der Waals surface area contributed by atoms with E-state index in [9.17, 15) is 19.5 Å². The third kappa shape index (κ3) is 46.2. The number of rotatable bonds is 49. The smallest absolute Gasteiger partial charge is 0.362 e. The average Bonchev–Trinajstić information content (AvgIpc) is 3.27. The number of ether oxygens (including phenoxy) is 3. The Labute approximate surface area is 401 Å². The van der Waals surface area contributed by atoms with E-state index in [4.69, 9.17) is 14.2 Å². The first kappa shape index (κ1) is 62.3. The van der Waals surface area contributed by atoms with Crippen molar-refractivity contribution in [2.75, 3.05) is 41.0 Å². The minimum atomic E-state index is -0.874. The van der Waals surface area contributed by atoms with Gasteiger partial charge < -0.3 is 23.8 Å². The van der Waals surface area contributed by atoms with Gasteiger partial charge in [0.05, 0.1) is 34.4 Å². The minimum Gasteiger partial charge on any atom is -0.477 e. The highest BCUT2D eigenvalue weighted by Gasteiger charge is 2.31. The van der Waals surface area contributed by atoms with Gasteiger partial charge in [-0.2, -0.15) is 0 Å². The second-order valence-electron chi connectivity index (χ2n) is 19.5. The van der Waals surface area contributed by atoms with E-state index in [0.717, 1.165) is 57.8 Å². The summed E-state index contributed by atoms with van der Waals surface area (Å²) in [5.74, 6) is -1.47. The molecule has 2 unspecified atom stereocenters. The van der Waals surface area contributed by atoms with Crippen molar-refractivity contribution >= 4 is 17.9 Å². The lowest BCUT2D eigenvalue weighted by Crippen LogP contribution is -2.50. The second kappa shape index (κ2) is 47.8. The molecule has 0 heterocycles. The van der Waals surface area contributed by atoms with Crippen molar-refractivity contribution in [3.8, 4) is 0 Å². The van der Waals surface area contributed by atoms with E-state index in [0.29, 0.717) is 19.3 Å². The van der Waals surface area contributed by atoms with E-state index < -0.39 is 18.1 Å². The van der Waals surface area contributed by atoms with Crippen LogP contribution in [0, 0.1) is 0 Å². The average molecular weight is 915 g/mol. The summed E-state index contributed by atoms with van der Waals surface area (Å²) in [7, 11) is 5.54. The number of hydrogen-bond acceptors (Lipinski definition) is 6. The number of allylic oxidation sites excluding steroid dienone is 8. The molecule has 0 radical (unpaired) electrons. The van der Waals surface area contributed by atoms with Crippen LogP contribution in [-0.2, 0) is 28.6 Å². The fourth-order valence-corrected chi connectivity index (χ4v) is 8.04. The number of nitrogens with zero attached hydrogens (tertiary/aromatic N) is 1. The zero-order chi connectivity index (χ0) is 47.7. The van der Waals surface area contributed by atoms with Crippen molar-refractivity contribution in [2.45, 2.75) is 257 Å². The molecule has 65 heavy (non-hydrogen) atoms. The summed E-state index contributed by atoms with van der Waals surface area (Å²) >= 11 is 0. The van der Waals surface area contributed by atoms with Gasteiger partial charge in [-0.1, -0.05) is 204 Å². The van der Waals surface area contributed by atoms with Gasteiger partial charge in [0.2, 0.25) is 0 Å². The minimum absolute atomic E-state index is 0.0531. The second-order valence-corrected chi connectivity index (χ2v) is 19.5. The third-order valence-electron chi connectivity index (χ3n) is 12.2. The predicted molar refractivity (Wildman–Crippen MR) is 275 cm³/mol. The molecule has 378 valence electrons. The Morgan fingerprint density at radius 1 is 0.477 bits per heavy atom. The molecule has 0 aliphatic heterocycles. The molecule has 0 saturated heterocycles. The Kier molecular flexibility index (Phi) is 45.8. The van der Waals surface area contributed by atoms with Crippen molar-refractivity contribution in [1.82, 2.24) is 0 Å². The van der Waals surface area contributed by atoms with Crippen LogP contribution in [0.2, 0.25) is 0 Å². The first-order valence-electron chi connectivity index (χ1n) is 27.2. The highest BCUT2D eigenvalue weighted by Crippen LogP contribution is 2.16. The van der Waals surface area contributed by atoms with Crippen molar-refractivity contribution in [1.29, 1.82) is 0 Å². The Morgan fingerprint density at radius 2 is 0.862 bits per heavy atom. The van der Waals surface area contributed by atoms with Crippen LogP contribution in [0.4, 0.5) is 0 Å². The van der Waals surface area contributed by atoms with Crippen LogP contribution in [0.3, 0.4) is 0 Å². The molecule has 1 N–H and O–H groups in total. The molecular formula is C57H104NO7+. The maximum absolute atomic E-state index is 12.8. The van der Waals surface area contributed by atoms with Gasteiger partial charge in [0.15, 0.2) is 12.1 Å². The van der Waals surface area contributed by atoms with Crippen molar-refractivity contribution < 1.29 is 38.2 Å². The SMILES string of the molecule is CC/C=C/C/C=C/C/C=C/CCCCCCCCCCCCCC(=O)OCC(COCCC(C(=O)O)[N+](C)(C)C)OC(=O)CCCCCCCCC/C=C/CCCCCCCCCCC. The monoisotopic (exact) mass is 915 g/mol. The first-order valence-corrected chi connectivity index (χ1v) is 27.2. The largest absolute Gasteiger partial charge is 0.477 e. The molecule has 0 saturated carbocycles. The van der Waals surface area contributed by atoms with Gasteiger partial charge in [-0.25, -0.2) is 4.79 Å². The molecule has 0 amide bonds. The molecule has 0 aromatic carbocycles. The molecule has 8 heteroatoms. The number of esters is 2. The van der Waals surface area contributed by atoms with E-state index in [2.05, 4.69) is 62.5 Å². The number of carbonyl (C=O) groups is 3. The molecule has 8 nitrogen and oxygen atoms in total. The van der Waals surface area contributed by atoms with Gasteiger partial charge in [-0.15, -0.1) is 0 Å². The topological polar surface area (TPSA) is 99.1 Å². The summed E-state index contributed by atoms with van der Waals surface area (Å²) in [6, 6.07) is -0.617. The predicted octanol–water partition coefficient (Wildman–Crippen LogP) is 15.9. The third-order valence-corrected chi connectivity index (χ3v) is 12.2. The van der Waals surface area contributed by atoms with Crippen molar-refractivity contribution in [3.63, 3.8) is 0 Å². The zero-order valence-corrected chi connectivity index (χ0v) is 43.2. The van der Waals surface area contributed by atoms with Crippen LogP contribution < -0.4 is 0 Å². The summed E-state index contributed by atoms with van der Waals surface area (Å²) in [6.07, 6.45) is 58.8. The number of carboxylic acids is 1. The van der Waals surface area contributed by atoms with Crippen LogP contribution in [-0.4, -0.2) is 80.6 Å². The molecule has 2 atom stereocenters. The molecule has 0 rings (SSSR count). The van der Waals surface area contributed by atoms with E-state index in [1.165, 1.54) is 154 Å². The highest BCUT2D eigenvalue weighted by atomic mass is 16.6. The standard InChI is InChI=1S/C57H103NO7/c1-6-8-10-12-14-16-18-20-22-24-26-28-30-31-33-35-37-39-41-43-45-47-55(59)64-52-53(51-63-50-49-54(57(61)62)58(3,4)5)65-56(60)48-46-44-42-40-38-36-34-32-29-27-25-23-21-19-17-15-13-11-9-7-2/h8,10,14,16,20,22,27,29,53-54H,6-7,9,11-13,15,17-19,21,23-26,28,30-52H2,1-5H3/p+1/b10-8+,16-14+,22-20+,29-27+. The first-order chi connectivity index (χ1) is 31.6. The number of carbonyl (C=O) groups excluding carboxylic acids is 2. The molecular weight excluding hydrogens is 811 g/mol. The lowest BCUT2D eigenvalue weighted by Gasteiger charge is -2.31. The van der Waals surface area contributed by atoms with E-state index in [-0.39, 0.29) is 36.2 Å². The molecule has 0 aromatic heterocycles. The van der Waals surface area contributed by atoms with Crippen LogP contribution in [0.5, 0.6) is 0 Å². The molecule has 0 aromatic rings. The number of carboxylic acid groups (broad SMARTS) is 1. The van der Waals surface area contributed by atoms with E-state index in [1.807, 2.05) is 21.1 Å². The van der Waals surface area contributed by atoms with Gasteiger partial charge in [-0.05, 0) is 70.6 Å². The van der Waals surface area contributed by atoms with E-state index in [1.54, 1.807) is 0 Å². The Bertz CT molecular complexity index is 1200. The zero-order valence-electron chi connectivity index (χ0n) is 43.2. The van der Waals surface area contributed by atoms with Crippen LogP contribution in [0.15, 0.2) is 48.6 Å². The normalized spacial score (nSPS) is 13.2. The number of hydrogen-bond donors (Lipinski definition) is 1. The van der Waals surface area contributed by atoms with Gasteiger partial charge in [0, 0.05) is 19.3 Å². The fourth-order valence-electron chi connectivity index (χ4n) is 8.04. The Balaban J connectivity index is 4.20. The van der Waals surface area contributed by atoms with E-state index >= 15 is 0 Å². The molecule has 0 aliphatic carbocycles. The van der Waals surface area contributed by atoms with Gasteiger partial charge in [0.25, 0.3) is 0 Å². The van der Waals surface area contributed by atoms with Gasteiger partial charge in [0.1, 0.15) is 6.61 Å². The lowest BCUT2D eigenvalue weighted by molar-refractivity contribution is -0.887. The Morgan fingerprint density at radius 3 is 1.29 bits per heavy atom. The fraction of sp³-hybridized carbons (Fsp3) is 0.807. The summed E-state index contributed by atoms with van der Waals surface area (Å²) in [4.78, 5) is 37.2. The summed E-state index contributed by atoms with van der Waals surface area (Å²) in [5, 5.41) is 9.67. The van der Waals surface area contributed by atoms with Gasteiger partial charge in [-0.3, -0.25) is 9.59 Å². The quantitative estimate of drug-likeness (QED) is 0.0281. The van der Waals surface area contributed by atoms with Crippen LogP contribution in [0.25, 0.3) is 0 Å². The van der Waals surface area contributed by atoms with Crippen LogP contribution >= 0.6 is 0 Å². The van der Waals surface area contributed by atoms with Crippen LogP contribution in [0.1, 0.15) is 245 Å². The lowest BCUT2D eigenvalue weighted by atomic mass is 10.0. The maximum atomic E-state index is 12.8. The maximum Gasteiger partial charge on any atom is 0.362 e. The Hall–Kier alpha value is -2.71. The van der Waals surface area contributed by atoms with Crippen molar-refractivity contribution in [2.24, 2.45) is 0 Å². The van der Waals surface area contributed by atoms with Crippen molar-refractivity contribution in [3.05, 3.63) is 48.6 Å². The summed E-state index contributed by atoms with van der Waals surface area (Å²) in [5.41, 5.74) is 0. The summed E-state index contributed by atoms with van der Waals surface area (Å²) in [6.45, 7) is 4.65. The number of quaternary nitrogens is 1. The molecule has 0 fully saturated rings. The molecule has 0 spiro atoms. The number of unbranched alkanes of at least 4 members (excludes halogenated alkanes) is 27. The number of aliphatic carboxylic acids is 1. The molecule has 0 bridgehead atoms. The summed E-state index contributed by atoms with van der Waals surface area (Å²) < 4.78 is 17.4. The molecule has 0 aliphatic rings.